The number of ether oxygens (including phenoxy) is 1. The van der Waals surface area contributed by atoms with Crippen LogP contribution in [-0.2, 0) is 14.8 Å². The molecule has 2 atom stereocenters. The number of carbonyl (C=O) groups excluding carboxylic acids is 1. The number of rotatable bonds is 4. The van der Waals surface area contributed by atoms with Crippen LogP contribution in [0.2, 0.25) is 0 Å². The van der Waals surface area contributed by atoms with Crippen molar-refractivity contribution in [2.45, 2.75) is 43.5 Å². The molecule has 1 saturated carbocycles. The molecular weight excluding hydrogens is 340 g/mol. The molecule has 1 saturated heterocycles. The van der Waals surface area contributed by atoms with Gasteiger partial charge in [-0.05, 0) is 43.0 Å². The Morgan fingerprint density at radius 3 is 2.40 bits per heavy atom. The predicted molar refractivity (Wildman–Crippen MR) is 94.9 cm³/mol. The number of morpholine rings is 1. The van der Waals surface area contributed by atoms with E-state index in [-0.39, 0.29) is 16.8 Å². The van der Waals surface area contributed by atoms with Gasteiger partial charge in [0.1, 0.15) is 0 Å². The first-order valence-electron chi connectivity index (χ1n) is 8.97. The van der Waals surface area contributed by atoms with Gasteiger partial charge in [-0.1, -0.05) is 19.8 Å². The largest absolute Gasteiger partial charge is 0.379 e. The molecular formula is C18H26N2O4S. The zero-order valence-electron chi connectivity index (χ0n) is 14.6. The van der Waals surface area contributed by atoms with E-state index < -0.39 is 10.0 Å². The van der Waals surface area contributed by atoms with Gasteiger partial charge in [0.05, 0.1) is 18.1 Å². The molecule has 2 aliphatic rings. The van der Waals surface area contributed by atoms with E-state index in [1.165, 1.54) is 22.9 Å². The summed E-state index contributed by atoms with van der Waals surface area (Å²) in [7, 11) is -3.52. The SMILES string of the molecule is C[C@@H]1CCCC[C@@H]1NC(=O)c1ccc(S(=O)(=O)N2CCOCC2)cc1. The zero-order chi connectivity index (χ0) is 17.9. The van der Waals surface area contributed by atoms with Crippen molar-refractivity contribution in [2.24, 2.45) is 5.92 Å². The molecule has 1 N–H and O–H groups in total. The quantitative estimate of drug-likeness (QED) is 0.884. The van der Waals surface area contributed by atoms with E-state index in [0.717, 1.165) is 19.3 Å². The highest BCUT2D eigenvalue weighted by molar-refractivity contribution is 7.89. The van der Waals surface area contributed by atoms with Crippen molar-refractivity contribution < 1.29 is 17.9 Å². The molecule has 1 aliphatic heterocycles. The molecule has 0 bridgehead atoms. The Kier molecular flexibility index (Phi) is 5.76. The highest BCUT2D eigenvalue weighted by atomic mass is 32.2. The minimum atomic E-state index is -3.52. The molecule has 2 fully saturated rings. The molecule has 0 unspecified atom stereocenters. The van der Waals surface area contributed by atoms with Gasteiger partial charge in [0, 0.05) is 24.7 Å². The number of nitrogens with zero attached hydrogens (tertiary/aromatic N) is 1. The zero-order valence-corrected chi connectivity index (χ0v) is 15.4. The Hall–Kier alpha value is -1.44. The molecule has 0 spiro atoms. The van der Waals surface area contributed by atoms with E-state index in [4.69, 9.17) is 4.74 Å². The monoisotopic (exact) mass is 366 g/mol. The summed E-state index contributed by atoms with van der Waals surface area (Å²) in [5, 5.41) is 3.09. The molecule has 0 radical (unpaired) electrons. The van der Waals surface area contributed by atoms with Crippen LogP contribution in [0, 0.1) is 5.92 Å². The van der Waals surface area contributed by atoms with Crippen molar-refractivity contribution in [2.75, 3.05) is 26.3 Å². The predicted octanol–water partition coefficient (Wildman–Crippen LogP) is 2.02. The lowest BCUT2D eigenvalue weighted by Crippen LogP contribution is -2.41. The van der Waals surface area contributed by atoms with Crippen molar-refractivity contribution in [1.29, 1.82) is 0 Å². The molecule has 1 aromatic carbocycles. The van der Waals surface area contributed by atoms with Crippen LogP contribution in [0.15, 0.2) is 29.2 Å². The van der Waals surface area contributed by atoms with Crippen molar-refractivity contribution >= 4 is 15.9 Å². The van der Waals surface area contributed by atoms with Gasteiger partial charge in [0.25, 0.3) is 5.91 Å². The third-order valence-electron chi connectivity index (χ3n) is 5.15. The van der Waals surface area contributed by atoms with Crippen LogP contribution < -0.4 is 5.32 Å². The third kappa shape index (κ3) is 4.22. The van der Waals surface area contributed by atoms with Crippen LogP contribution in [0.1, 0.15) is 43.0 Å². The summed E-state index contributed by atoms with van der Waals surface area (Å²) < 4.78 is 31.8. The Morgan fingerprint density at radius 2 is 1.76 bits per heavy atom. The van der Waals surface area contributed by atoms with Crippen LogP contribution in [0.5, 0.6) is 0 Å². The second-order valence-electron chi connectivity index (χ2n) is 6.88. The first kappa shape index (κ1) is 18.4. The molecule has 6 nitrogen and oxygen atoms in total. The molecule has 1 aromatic rings. The number of hydrogen-bond acceptors (Lipinski definition) is 4. The fraction of sp³-hybridized carbons (Fsp3) is 0.611. The summed E-state index contributed by atoms with van der Waals surface area (Å²) in [6.45, 7) is 3.73. The molecule has 3 rings (SSSR count). The van der Waals surface area contributed by atoms with Gasteiger partial charge in [-0.15, -0.1) is 0 Å². The van der Waals surface area contributed by atoms with Gasteiger partial charge >= 0.3 is 0 Å². The summed E-state index contributed by atoms with van der Waals surface area (Å²) in [6, 6.07) is 6.43. The van der Waals surface area contributed by atoms with Crippen molar-refractivity contribution in [3.63, 3.8) is 0 Å². The summed E-state index contributed by atoms with van der Waals surface area (Å²) >= 11 is 0. The van der Waals surface area contributed by atoms with Crippen molar-refractivity contribution in [3.05, 3.63) is 29.8 Å². The van der Waals surface area contributed by atoms with Gasteiger partial charge < -0.3 is 10.1 Å². The topological polar surface area (TPSA) is 75.7 Å². The Bertz CT molecular complexity index is 696. The summed E-state index contributed by atoms with van der Waals surface area (Å²) in [5.41, 5.74) is 0.499. The van der Waals surface area contributed by atoms with Crippen LogP contribution >= 0.6 is 0 Å². The number of amides is 1. The maximum Gasteiger partial charge on any atom is 0.251 e. The van der Waals surface area contributed by atoms with Gasteiger partial charge in [-0.2, -0.15) is 4.31 Å². The molecule has 138 valence electrons. The lowest BCUT2D eigenvalue weighted by atomic mass is 9.86. The highest BCUT2D eigenvalue weighted by Gasteiger charge is 2.27. The van der Waals surface area contributed by atoms with Gasteiger partial charge in [0.2, 0.25) is 10.0 Å². The lowest BCUT2D eigenvalue weighted by Gasteiger charge is -2.29. The number of sulfonamides is 1. The maximum absolute atomic E-state index is 12.6. The smallest absolute Gasteiger partial charge is 0.251 e. The summed E-state index contributed by atoms with van der Waals surface area (Å²) in [6.07, 6.45) is 4.52. The highest BCUT2D eigenvalue weighted by Crippen LogP contribution is 2.24. The molecule has 25 heavy (non-hydrogen) atoms. The van der Waals surface area contributed by atoms with Crippen LogP contribution in [-0.4, -0.2) is 51.0 Å². The van der Waals surface area contributed by atoms with E-state index in [1.807, 2.05) is 0 Å². The molecule has 1 aliphatic carbocycles. The minimum absolute atomic E-state index is 0.130. The average Bonchev–Trinajstić information content (AvgIpc) is 2.64. The molecule has 1 amide bonds. The van der Waals surface area contributed by atoms with E-state index in [9.17, 15) is 13.2 Å². The van der Waals surface area contributed by atoms with Crippen LogP contribution in [0.25, 0.3) is 0 Å². The maximum atomic E-state index is 12.6. The molecule has 1 heterocycles. The summed E-state index contributed by atoms with van der Waals surface area (Å²) in [5.74, 6) is 0.354. The first-order chi connectivity index (χ1) is 12.0. The Morgan fingerprint density at radius 1 is 1.12 bits per heavy atom. The standard InChI is InChI=1S/C18H26N2O4S/c1-14-4-2-3-5-17(14)19-18(21)15-6-8-16(9-7-15)25(22,23)20-10-12-24-13-11-20/h6-9,14,17H,2-5,10-13H2,1H3,(H,19,21)/t14-,17+/m1/s1. The van der Waals surface area contributed by atoms with Crippen molar-refractivity contribution in [3.8, 4) is 0 Å². The average molecular weight is 366 g/mol. The normalized spacial score (nSPS) is 25.5. The first-order valence-corrected chi connectivity index (χ1v) is 10.4. The second kappa shape index (κ2) is 7.85. The Balaban J connectivity index is 1.68. The molecule has 7 heteroatoms. The lowest BCUT2D eigenvalue weighted by molar-refractivity contribution is 0.0730. The second-order valence-corrected chi connectivity index (χ2v) is 8.82. The number of nitrogens with one attached hydrogen (secondary N) is 1. The van der Waals surface area contributed by atoms with Gasteiger partial charge in [-0.3, -0.25) is 4.79 Å². The van der Waals surface area contributed by atoms with Crippen molar-refractivity contribution in [1.82, 2.24) is 9.62 Å². The van der Waals surface area contributed by atoms with Gasteiger partial charge in [-0.25, -0.2) is 8.42 Å². The third-order valence-corrected chi connectivity index (χ3v) is 7.07. The van der Waals surface area contributed by atoms with E-state index in [1.54, 1.807) is 12.1 Å². The van der Waals surface area contributed by atoms with E-state index >= 15 is 0 Å². The fourth-order valence-corrected chi connectivity index (χ4v) is 4.90. The molecule has 0 aromatic heterocycles. The Labute approximate surface area is 149 Å². The summed E-state index contributed by atoms with van der Waals surface area (Å²) in [4.78, 5) is 12.7. The number of carbonyl (C=O) groups is 1. The van der Waals surface area contributed by atoms with Gasteiger partial charge in [0.15, 0.2) is 0 Å². The van der Waals surface area contributed by atoms with Crippen LogP contribution in [0.3, 0.4) is 0 Å². The van der Waals surface area contributed by atoms with E-state index in [0.29, 0.717) is 37.8 Å². The van der Waals surface area contributed by atoms with Crippen LogP contribution in [0.4, 0.5) is 0 Å². The fourth-order valence-electron chi connectivity index (χ4n) is 3.50. The minimum Gasteiger partial charge on any atom is -0.379 e. The number of benzene rings is 1. The van der Waals surface area contributed by atoms with E-state index in [2.05, 4.69) is 12.2 Å². The number of hydrogen-bond donors (Lipinski definition) is 1.